The Balaban J connectivity index is 1.38. The predicted molar refractivity (Wildman–Crippen MR) is 154 cm³/mol. The molecule has 2 N–H and O–H groups in total. The molecule has 7 rings (SSSR count). The van der Waals surface area contributed by atoms with Gasteiger partial charge in [0.2, 0.25) is 6.29 Å². The second kappa shape index (κ2) is 9.97. The molecule has 0 radical (unpaired) electrons. The quantitative estimate of drug-likeness (QED) is 0.291. The lowest BCUT2D eigenvalue weighted by Crippen LogP contribution is -2.70. The summed E-state index contributed by atoms with van der Waals surface area (Å²) in [7, 11) is 1.37. The number of rotatable bonds is 5. The number of methoxy groups -OCH3 is 1. The fraction of sp³-hybridized carbons (Fsp3) is 0.618. The molecule has 4 fully saturated rings. The van der Waals surface area contributed by atoms with Gasteiger partial charge in [0.15, 0.2) is 0 Å². The van der Waals surface area contributed by atoms with E-state index in [-0.39, 0.29) is 30.8 Å². The minimum atomic E-state index is -1.28. The lowest BCUT2D eigenvalue weighted by Gasteiger charge is -2.65. The Morgan fingerprint density at radius 3 is 2.48 bits per heavy atom. The lowest BCUT2D eigenvalue weighted by molar-refractivity contribution is -0.242. The molecule has 3 aliphatic heterocycles. The number of aliphatic hydroxyl groups is 2. The van der Waals surface area contributed by atoms with Crippen LogP contribution in [0.4, 0.5) is 0 Å². The molecule has 0 spiro atoms. The zero-order valence-corrected chi connectivity index (χ0v) is 25.6. The van der Waals surface area contributed by atoms with E-state index in [1.807, 2.05) is 19.9 Å². The number of cyclic esters (lactones) is 1. The molecule has 1 aromatic carbocycles. The van der Waals surface area contributed by atoms with E-state index in [1.165, 1.54) is 13.2 Å². The molecule has 44 heavy (non-hydrogen) atoms. The molecule has 0 aromatic heterocycles. The summed E-state index contributed by atoms with van der Waals surface area (Å²) in [5, 5.41) is 21.6. The van der Waals surface area contributed by atoms with E-state index in [2.05, 4.69) is 13.8 Å². The average Bonchev–Trinajstić information content (AvgIpc) is 3.71. The summed E-state index contributed by atoms with van der Waals surface area (Å²) in [6.07, 6.45) is -1.87. The molecule has 0 bridgehead atoms. The van der Waals surface area contributed by atoms with Crippen molar-refractivity contribution in [2.75, 3.05) is 13.7 Å². The van der Waals surface area contributed by atoms with Crippen LogP contribution in [0.15, 0.2) is 53.1 Å². The van der Waals surface area contributed by atoms with E-state index in [1.54, 1.807) is 24.3 Å². The largest absolute Gasteiger partial charge is 0.469 e. The molecule has 10 nitrogen and oxygen atoms in total. The maximum Gasteiger partial charge on any atom is 0.338 e. The first-order chi connectivity index (χ1) is 20.8. The monoisotopic (exact) mass is 608 g/mol. The number of hydrogen-bond donors (Lipinski definition) is 2. The topological polar surface area (TPSA) is 138 Å². The zero-order chi connectivity index (χ0) is 31.3. The van der Waals surface area contributed by atoms with Gasteiger partial charge >= 0.3 is 17.9 Å². The van der Waals surface area contributed by atoms with Crippen LogP contribution in [0.2, 0.25) is 0 Å². The van der Waals surface area contributed by atoms with Crippen molar-refractivity contribution in [1.29, 1.82) is 0 Å². The molecule has 2 saturated carbocycles. The Bertz CT molecular complexity index is 1470. The molecule has 10 heteroatoms. The molecule has 236 valence electrons. The molecule has 3 heterocycles. The summed E-state index contributed by atoms with van der Waals surface area (Å²) in [5.74, 6) is -2.46. The van der Waals surface area contributed by atoms with Gasteiger partial charge in [-0.3, -0.25) is 4.79 Å². The highest BCUT2D eigenvalue weighted by molar-refractivity contribution is 5.92. The predicted octanol–water partition coefficient (Wildman–Crippen LogP) is 3.11. The zero-order valence-electron chi connectivity index (χ0n) is 25.6. The maximum absolute atomic E-state index is 13.5. The second-order valence-electron chi connectivity index (χ2n) is 14.1. The molecule has 6 aliphatic rings. The minimum absolute atomic E-state index is 0.0375. The summed E-state index contributed by atoms with van der Waals surface area (Å²) < 4.78 is 30.1. The molecule has 12 atom stereocenters. The number of fused-ring (bicyclic) bond motifs is 4. The SMILES string of the molecule is COC(=O)C[C@H]1[C@]2(C)C3=C(C)[C@H](C4=C[C@H](O)OC4=O)C[C@H]3O[C@@H]2[C@@H]2OC[C@]3(C)[C@H](O)C[C@H](OC(=O)c4ccccc4)[C@@]1(C)[C@@H]23. The fourth-order valence-electron chi connectivity index (χ4n) is 10.3. The summed E-state index contributed by atoms with van der Waals surface area (Å²) in [4.78, 5) is 39.5. The van der Waals surface area contributed by atoms with E-state index >= 15 is 0 Å². The third-order valence-electron chi connectivity index (χ3n) is 12.2. The van der Waals surface area contributed by atoms with Crippen molar-refractivity contribution in [3.8, 4) is 0 Å². The number of aliphatic hydroxyl groups excluding tert-OH is 2. The number of benzene rings is 1. The third-order valence-corrected chi connectivity index (χ3v) is 12.2. The molecule has 3 aliphatic carbocycles. The molecule has 1 aromatic rings. The van der Waals surface area contributed by atoms with E-state index in [4.69, 9.17) is 23.7 Å². The van der Waals surface area contributed by atoms with Gasteiger partial charge in [0.1, 0.15) is 6.10 Å². The smallest absolute Gasteiger partial charge is 0.338 e. The Labute approximate surface area is 256 Å². The summed E-state index contributed by atoms with van der Waals surface area (Å²) >= 11 is 0. The highest BCUT2D eigenvalue weighted by Crippen LogP contribution is 2.73. The van der Waals surface area contributed by atoms with Gasteiger partial charge in [0.05, 0.1) is 43.7 Å². The van der Waals surface area contributed by atoms with Crippen LogP contribution in [-0.4, -0.2) is 78.6 Å². The van der Waals surface area contributed by atoms with Crippen molar-refractivity contribution >= 4 is 17.9 Å². The number of ether oxygens (including phenoxy) is 5. The Kier molecular flexibility index (Phi) is 6.72. The van der Waals surface area contributed by atoms with Gasteiger partial charge in [-0.05, 0) is 43.0 Å². The van der Waals surface area contributed by atoms with Crippen LogP contribution in [0.1, 0.15) is 57.3 Å². The van der Waals surface area contributed by atoms with Gasteiger partial charge in [0, 0.05) is 46.5 Å². The summed E-state index contributed by atoms with van der Waals surface area (Å²) in [6, 6.07) is 8.76. The minimum Gasteiger partial charge on any atom is -0.469 e. The number of esters is 3. The first-order valence-electron chi connectivity index (χ1n) is 15.5. The van der Waals surface area contributed by atoms with Gasteiger partial charge in [-0.25, -0.2) is 9.59 Å². The van der Waals surface area contributed by atoms with E-state index in [0.717, 1.165) is 11.1 Å². The number of carbonyl (C=O) groups excluding carboxylic acids is 3. The van der Waals surface area contributed by atoms with E-state index < -0.39 is 70.8 Å². The standard InChI is InChI=1S/C34H40O10/c1-16-18(19-12-25(37)44-31(19)39)11-20-26(16)34(4)21(13-24(36)40-5)33(3)23(43-30(38)17-9-7-6-8-10-17)14-22(35)32(2)15-41-27(28(32)33)29(34)42-20/h6-10,12,18,20-23,25,27-29,35,37H,11,13-15H2,1-5H3/t18-,20-,21-,22-,23+,25-,27-,28+,29-,32-,33+,34-/m1/s1. The first kappa shape index (κ1) is 29.6. The van der Waals surface area contributed by atoms with Crippen molar-refractivity contribution in [3.63, 3.8) is 0 Å². The fourth-order valence-corrected chi connectivity index (χ4v) is 10.3. The second-order valence-corrected chi connectivity index (χ2v) is 14.1. The Morgan fingerprint density at radius 2 is 1.82 bits per heavy atom. The Morgan fingerprint density at radius 1 is 1.09 bits per heavy atom. The van der Waals surface area contributed by atoms with Crippen LogP contribution in [0.5, 0.6) is 0 Å². The average molecular weight is 609 g/mol. The van der Waals surface area contributed by atoms with E-state index in [0.29, 0.717) is 24.2 Å². The van der Waals surface area contributed by atoms with Crippen molar-refractivity contribution in [1.82, 2.24) is 0 Å². The highest BCUT2D eigenvalue weighted by atomic mass is 16.6. The lowest BCUT2D eigenvalue weighted by atomic mass is 9.40. The van der Waals surface area contributed by atoms with Gasteiger partial charge in [-0.2, -0.15) is 0 Å². The molecular weight excluding hydrogens is 568 g/mol. The van der Waals surface area contributed by atoms with Gasteiger partial charge < -0.3 is 33.9 Å². The van der Waals surface area contributed by atoms with Crippen LogP contribution >= 0.6 is 0 Å². The van der Waals surface area contributed by atoms with Crippen LogP contribution in [0, 0.1) is 34.0 Å². The van der Waals surface area contributed by atoms with Crippen LogP contribution in [-0.2, 0) is 33.3 Å². The maximum atomic E-state index is 13.5. The number of hydrogen-bond acceptors (Lipinski definition) is 10. The number of allylic oxidation sites excluding steroid dienone is 1. The van der Waals surface area contributed by atoms with Crippen LogP contribution in [0.25, 0.3) is 0 Å². The van der Waals surface area contributed by atoms with Crippen molar-refractivity contribution in [3.05, 3.63) is 58.7 Å². The van der Waals surface area contributed by atoms with Crippen LogP contribution < -0.4 is 0 Å². The molecule has 0 amide bonds. The normalized spacial score (nSPS) is 45.3. The molecule has 0 unspecified atom stereocenters. The molecular formula is C34H40O10. The van der Waals surface area contributed by atoms with Gasteiger partial charge in [-0.15, -0.1) is 0 Å². The Hall–Kier alpha value is -3.05. The van der Waals surface area contributed by atoms with Crippen molar-refractivity contribution in [2.24, 2.45) is 34.0 Å². The van der Waals surface area contributed by atoms with Gasteiger partial charge in [-0.1, -0.05) is 44.5 Å². The van der Waals surface area contributed by atoms with E-state index in [9.17, 15) is 24.6 Å². The van der Waals surface area contributed by atoms with Gasteiger partial charge in [0.25, 0.3) is 0 Å². The third kappa shape index (κ3) is 3.83. The first-order valence-corrected chi connectivity index (χ1v) is 15.5. The summed E-state index contributed by atoms with van der Waals surface area (Å²) in [5.41, 5.74) is 0.515. The number of carbonyl (C=O) groups is 3. The van der Waals surface area contributed by atoms with Crippen LogP contribution in [0.3, 0.4) is 0 Å². The molecule has 2 saturated heterocycles. The van der Waals surface area contributed by atoms with Crippen molar-refractivity contribution < 1.29 is 48.3 Å². The highest BCUT2D eigenvalue weighted by Gasteiger charge is 2.78. The van der Waals surface area contributed by atoms with Crippen molar-refractivity contribution in [2.45, 2.75) is 83.8 Å². The summed E-state index contributed by atoms with van der Waals surface area (Å²) in [6.45, 7) is 8.49.